The number of likely N-dealkylation sites (tertiary alicyclic amines) is 1. The molecule has 136 valence electrons. The first-order valence-electron chi connectivity index (χ1n) is 8.25. The number of aliphatic hydroxyl groups excluding tert-OH is 1. The molecule has 0 saturated carbocycles. The van der Waals surface area contributed by atoms with E-state index in [4.69, 9.17) is 4.74 Å². The number of carbonyl (C=O) groups excluding carboxylic acids is 1. The molecule has 3 saturated heterocycles. The van der Waals surface area contributed by atoms with Crippen LogP contribution in [0.4, 0.5) is 13.2 Å². The molecule has 0 aliphatic carbocycles. The van der Waals surface area contributed by atoms with Gasteiger partial charge in [0.25, 0.3) is 5.91 Å². The van der Waals surface area contributed by atoms with Crippen LogP contribution < -0.4 is 4.74 Å². The van der Waals surface area contributed by atoms with Gasteiger partial charge in [-0.25, -0.2) is 0 Å². The van der Waals surface area contributed by atoms with E-state index in [2.05, 4.69) is 4.74 Å². The van der Waals surface area contributed by atoms with E-state index in [9.17, 15) is 23.1 Å². The molecular formula is C17H18F3NO4. The number of aliphatic hydroxyl groups is 1. The van der Waals surface area contributed by atoms with Crippen LogP contribution in [-0.2, 0) is 4.74 Å². The molecule has 3 aliphatic rings. The van der Waals surface area contributed by atoms with Gasteiger partial charge < -0.3 is 19.5 Å². The molecule has 3 fully saturated rings. The predicted octanol–water partition coefficient (Wildman–Crippen LogP) is 2.20. The lowest BCUT2D eigenvalue weighted by molar-refractivity contribution is -0.274. The Morgan fingerprint density at radius 2 is 2.24 bits per heavy atom. The maximum Gasteiger partial charge on any atom is 0.573 e. The topological polar surface area (TPSA) is 59.0 Å². The van der Waals surface area contributed by atoms with Crippen LogP contribution in [0.1, 0.15) is 23.2 Å². The van der Waals surface area contributed by atoms with E-state index in [0.717, 1.165) is 25.0 Å². The summed E-state index contributed by atoms with van der Waals surface area (Å²) < 4.78 is 47.0. The second-order valence-corrected chi connectivity index (χ2v) is 6.97. The molecule has 0 unspecified atom stereocenters. The number of nitrogens with zero attached hydrogens (tertiary/aromatic N) is 1. The average Bonchev–Trinajstić information content (AvgIpc) is 3.19. The molecule has 8 heteroatoms. The Kier molecular flexibility index (Phi) is 3.73. The Morgan fingerprint density at radius 1 is 1.44 bits per heavy atom. The van der Waals surface area contributed by atoms with Gasteiger partial charge in [0.15, 0.2) is 0 Å². The molecule has 3 heterocycles. The molecule has 3 aliphatic heterocycles. The largest absolute Gasteiger partial charge is 0.573 e. The van der Waals surface area contributed by atoms with E-state index >= 15 is 0 Å². The molecule has 1 amide bonds. The quantitative estimate of drug-likeness (QED) is 0.901. The SMILES string of the molecule is O=C(c1cccc(OC(F)(F)F)c1)N1C[C@@H]2[C@H](CO)[C@H]3CC[C@]2(C1)O3. The first-order chi connectivity index (χ1) is 11.8. The summed E-state index contributed by atoms with van der Waals surface area (Å²) in [6.45, 7) is 0.882. The zero-order valence-corrected chi connectivity index (χ0v) is 13.3. The number of amides is 1. The molecule has 0 aromatic heterocycles. The maximum absolute atomic E-state index is 12.7. The van der Waals surface area contributed by atoms with E-state index < -0.39 is 17.7 Å². The van der Waals surface area contributed by atoms with E-state index in [1.54, 1.807) is 4.90 Å². The van der Waals surface area contributed by atoms with Crippen molar-refractivity contribution < 1.29 is 32.5 Å². The number of hydrogen-bond donors (Lipinski definition) is 1. The summed E-state index contributed by atoms with van der Waals surface area (Å²) in [4.78, 5) is 14.3. The fourth-order valence-corrected chi connectivity index (χ4v) is 4.60. The molecule has 2 bridgehead atoms. The van der Waals surface area contributed by atoms with Gasteiger partial charge in [-0.2, -0.15) is 0 Å². The van der Waals surface area contributed by atoms with Crippen LogP contribution in [0.5, 0.6) is 5.75 Å². The molecule has 1 aromatic carbocycles. The minimum Gasteiger partial charge on any atom is -0.406 e. The average molecular weight is 357 g/mol. The van der Waals surface area contributed by atoms with E-state index in [0.29, 0.717) is 13.1 Å². The smallest absolute Gasteiger partial charge is 0.406 e. The molecule has 1 spiro atoms. The molecule has 5 nitrogen and oxygen atoms in total. The summed E-state index contributed by atoms with van der Waals surface area (Å²) in [5.41, 5.74) is -0.262. The molecule has 25 heavy (non-hydrogen) atoms. The lowest BCUT2D eigenvalue weighted by Gasteiger charge is -2.27. The van der Waals surface area contributed by atoms with Crippen LogP contribution in [0.25, 0.3) is 0 Å². The van der Waals surface area contributed by atoms with Gasteiger partial charge in [-0.15, -0.1) is 13.2 Å². The van der Waals surface area contributed by atoms with Gasteiger partial charge in [-0.1, -0.05) is 6.07 Å². The molecule has 4 atom stereocenters. The molecule has 4 rings (SSSR count). The highest BCUT2D eigenvalue weighted by atomic mass is 19.4. The minimum atomic E-state index is -4.80. The van der Waals surface area contributed by atoms with Crippen molar-refractivity contribution in [1.82, 2.24) is 4.90 Å². The van der Waals surface area contributed by atoms with Gasteiger partial charge in [0.1, 0.15) is 5.75 Å². The van der Waals surface area contributed by atoms with E-state index in [1.807, 2.05) is 0 Å². The van der Waals surface area contributed by atoms with Crippen molar-refractivity contribution in [3.63, 3.8) is 0 Å². The Morgan fingerprint density at radius 3 is 2.96 bits per heavy atom. The van der Waals surface area contributed by atoms with Gasteiger partial charge in [-0.05, 0) is 31.0 Å². The van der Waals surface area contributed by atoms with Crippen LogP contribution >= 0.6 is 0 Å². The van der Waals surface area contributed by atoms with Crippen LogP contribution in [0.2, 0.25) is 0 Å². The Balaban J connectivity index is 1.52. The summed E-state index contributed by atoms with van der Waals surface area (Å²) in [7, 11) is 0. The van der Waals surface area contributed by atoms with Crippen LogP contribution in [0.15, 0.2) is 24.3 Å². The van der Waals surface area contributed by atoms with Crippen LogP contribution in [0, 0.1) is 11.8 Å². The van der Waals surface area contributed by atoms with Gasteiger partial charge >= 0.3 is 6.36 Å². The molecule has 1 aromatic rings. The monoisotopic (exact) mass is 357 g/mol. The maximum atomic E-state index is 12.7. The standard InChI is InChI=1S/C17H18F3NO4/c18-17(19,20)24-11-3-1-2-10(6-11)15(23)21-7-13-12(8-22)14-4-5-16(13,9-21)25-14/h1-3,6,12-14,22H,4-5,7-9H2/t12-,13+,14+,16+/m0/s1. The number of halogens is 3. The number of benzene rings is 1. The van der Waals surface area contributed by atoms with Gasteiger partial charge in [0.05, 0.1) is 18.2 Å². The summed E-state index contributed by atoms with van der Waals surface area (Å²) >= 11 is 0. The first-order valence-corrected chi connectivity index (χ1v) is 8.25. The van der Waals surface area contributed by atoms with Crippen molar-refractivity contribution >= 4 is 5.91 Å². The van der Waals surface area contributed by atoms with Crippen molar-refractivity contribution in [3.8, 4) is 5.75 Å². The third-order valence-electron chi connectivity index (χ3n) is 5.60. The third kappa shape index (κ3) is 2.77. The lowest BCUT2D eigenvalue weighted by atomic mass is 9.74. The zero-order chi connectivity index (χ0) is 17.8. The van der Waals surface area contributed by atoms with Crippen molar-refractivity contribution in [3.05, 3.63) is 29.8 Å². The first kappa shape index (κ1) is 16.7. The molecule has 1 N–H and O–H groups in total. The number of fused-ring (bicyclic) bond motifs is 1. The minimum absolute atomic E-state index is 0.0199. The van der Waals surface area contributed by atoms with Crippen molar-refractivity contribution in [2.24, 2.45) is 11.8 Å². The normalized spacial score (nSPS) is 33.6. The highest BCUT2D eigenvalue weighted by molar-refractivity contribution is 5.95. The highest BCUT2D eigenvalue weighted by Crippen LogP contribution is 2.54. The summed E-state index contributed by atoms with van der Waals surface area (Å²) in [5, 5.41) is 9.61. The lowest BCUT2D eigenvalue weighted by Crippen LogP contribution is -2.38. The van der Waals surface area contributed by atoms with Gasteiger partial charge in [-0.3, -0.25) is 4.79 Å². The second kappa shape index (κ2) is 5.60. The summed E-state index contributed by atoms with van der Waals surface area (Å²) in [6, 6.07) is 5.10. The zero-order valence-electron chi connectivity index (χ0n) is 13.3. The highest BCUT2D eigenvalue weighted by Gasteiger charge is 2.63. The van der Waals surface area contributed by atoms with E-state index in [1.165, 1.54) is 12.1 Å². The third-order valence-corrected chi connectivity index (χ3v) is 5.60. The van der Waals surface area contributed by atoms with Crippen LogP contribution in [-0.4, -0.2) is 53.7 Å². The van der Waals surface area contributed by atoms with Crippen LogP contribution in [0.3, 0.4) is 0 Å². The Labute approximate surface area is 142 Å². The number of rotatable bonds is 3. The van der Waals surface area contributed by atoms with Crippen molar-refractivity contribution in [1.29, 1.82) is 0 Å². The fraction of sp³-hybridized carbons (Fsp3) is 0.588. The Bertz CT molecular complexity index is 695. The number of alkyl halides is 3. The molecular weight excluding hydrogens is 339 g/mol. The van der Waals surface area contributed by atoms with Gasteiger partial charge in [0.2, 0.25) is 0 Å². The second-order valence-electron chi connectivity index (χ2n) is 6.97. The summed E-state index contributed by atoms with van der Waals surface area (Å²) in [5.74, 6) is -0.664. The van der Waals surface area contributed by atoms with Crippen molar-refractivity contribution in [2.75, 3.05) is 19.7 Å². The molecule has 0 radical (unpaired) electrons. The van der Waals surface area contributed by atoms with E-state index in [-0.39, 0.29) is 36.0 Å². The fourth-order valence-electron chi connectivity index (χ4n) is 4.60. The number of hydrogen-bond acceptors (Lipinski definition) is 4. The van der Waals surface area contributed by atoms with Gasteiger partial charge in [0, 0.05) is 30.6 Å². The number of carbonyl (C=O) groups is 1. The predicted molar refractivity (Wildman–Crippen MR) is 79.9 cm³/mol. The Hall–Kier alpha value is -1.80. The van der Waals surface area contributed by atoms with Crippen molar-refractivity contribution in [2.45, 2.75) is 30.9 Å². The summed E-state index contributed by atoms with van der Waals surface area (Å²) in [6.07, 6.45) is -3.03. The number of ether oxygens (including phenoxy) is 2.